The minimum Gasteiger partial charge on any atom is -0.550 e. The smallest absolute Gasteiger partial charge is 0.550 e. The van der Waals surface area contributed by atoms with Gasteiger partial charge in [-0.25, -0.2) is 0 Å². The maximum Gasteiger partial charge on any atom is 2.00 e. The van der Waals surface area contributed by atoms with Crippen LogP contribution in [0.15, 0.2) is 60.8 Å². The molecule has 0 aliphatic heterocycles. The zero-order chi connectivity index (χ0) is 17.5. The molecule has 3 rings (SSSR count). The average Bonchev–Trinajstić information content (AvgIpc) is 2.55. The molecule has 2 aromatic carbocycles. The first-order valence-electron chi connectivity index (χ1n) is 7.67. The summed E-state index contributed by atoms with van der Waals surface area (Å²) in [6, 6.07) is 18.9. The summed E-state index contributed by atoms with van der Waals surface area (Å²) >= 11 is 0. The molecular formula is C21H22NO2PPd. The van der Waals surface area contributed by atoms with E-state index >= 15 is 0 Å². The zero-order valence-corrected chi connectivity index (χ0v) is 18.0. The van der Waals surface area contributed by atoms with Gasteiger partial charge in [-0.15, -0.1) is 11.6 Å². The van der Waals surface area contributed by atoms with E-state index in [-0.39, 0.29) is 30.3 Å². The van der Waals surface area contributed by atoms with E-state index in [2.05, 4.69) is 79.6 Å². The molecule has 0 N–H and O–H groups in total. The second-order valence-electron chi connectivity index (χ2n) is 5.47. The summed E-state index contributed by atoms with van der Waals surface area (Å²) in [6.45, 7) is 5.23. The van der Waals surface area contributed by atoms with E-state index in [1.165, 1.54) is 27.8 Å². The molecule has 1 heterocycles. The van der Waals surface area contributed by atoms with Gasteiger partial charge in [0.15, 0.2) is 0 Å². The van der Waals surface area contributed by atoms with Gasteiger partial charge in [0.05, 0.1) is 0 Å². The van der Waals surface area contributed by atoms with Crippen molar-refractivity contribution in [1.82, 2.24) is 4.98 Å². The number of nitrogens with zero attached hydrogens (tertiary/aromatic N) is 1. The summed E-state index contributed by atoms with van der Waals surface area (Å²) < 4.78 is 0. The molecule has 0 bridgehead atoms. The summed E-state index contributed by atoms with van der Waals surface area (Å²) in [6.07, 6.45) is 4.98. The molecule has 0 saturated carbocycles. The van der Waals surface area contributed by atoms with Crippen LogP contribution in [0.2, 0.25) is 0 Å². The Morgan fingerprint density at radius 2 is 1.35 bits per heavy atom. The first-order chi connectivity index (χ1) is 11.5. The SMILES string of the molecule is CC(=O)[O-].Cc1ccccc1-c1[c-]nccc1-c1ccccc1C.P.[Pd+2]. The van der Waals surface area contributed by atoms with E-state index in [1.807, 2.05) is 6.20 Å². The van der Waals surface area contributed by atoms with E-state index < -0.39 is 5.97 Å². The van der Waals surface area contributed by atoms with Gasteiger partial charge < -0.3 is 14.9 Å². The molecule has 0 saturated heterocycles. The van der Waals surface area contributed by atoms with E-state index in [0.29, 0.717) is 0 Å². The van der Waals surface area contributed by atoms with Crippen LogP contribution in [0.25, 0.3) is 22.3 Å². The monoisotopic (exact) mass is 457 g/mol. The Morgan fingerprint density at radius 1 is 0.885 bits per heavy atom. The Bertz CT molecular complexity index is 784. The molecule has 5 heteroatoms. The first kappa shape index (κ1) is 24.2. The average molecular weight is 458 g/mol. The molecule has 0 amide bonds. The normalized spacial score (nSPS) is 9.04. The number of carboxylic acids is 1. The predicted octanol–water partition coefficient (Wildman–Crippen LogP) is 3.64. The molecule has 0 aliphatic carbocycles. The minimum absolute atomic E-state index is 0. The summed E-state index contributed by atoms with van der Waals surface area (Å²) in [5, 5.41) is 8.89. The largest absolute Gasteiger partial charge is 2.00 e. The number of aromatic nitrogens is 1. The number of hydrogen-bond acceptors (Lipinski definition) is 3. The van der Waals surface area contributed by atoms with Crippen LogP contribution in [0, 0.1) is 20.0 Å². The van der Waals surface area contributed by atoms with Gasteiger partial charge in [0.25, 0.3) is 0 Å². The van der Waals surface area contributed by atoms with Crippen LogP contribution in [0.5, 0.6) is 0 Å². The fourth-order valence-corrected chi connectivity index (χ4v) is 2.52. The number of aliphatic carboxylic acids is 1. The number of carboxylic acid groups (broad SMARTS) is 1. The number of aryl methyl sites for hydroxylation is 2. The number of rotatable bonds is 2. The molecule has 138 valence electrons. The second-order valence-corrected chi connectivity index (χ2v) is 5.47. The van der Waals surface area contributed by atoms with Gasteiger partial charge in [-0.1, -0.05) is 82.5 Å². The maximum absolute atomic E-state index is 8.89. The quantitative estimate of drug-likeness (QED) is 0.335. The standard InChI is InChI=1S/C19H16N.C2H4O2.H3P.Pd/c1-14-7-3-5-9-16(14)18-11-12-20-13-19(18)17-10-6-4-8-15(17)2;1-2(3)4;;/h3-12H,1-2H3;1H3,(H,3,4);1H3;/q-1;;;+2/p-1. The van der Waals surface area contributed by atoms with Gasteiger partial charge in [0.1, 0.15) is 0 Å². The van der Waals surface area contributed by atoms with Crippen LogP contribution in [0.4, 0.5) is 0 Å². The van der Waals surface area contributed by atoms with Gasteiger partial charge in [-0.2, -0.15) is 9.90 Å². The number of hydrogen-bond donors (Lipinski definition) is 0. The van der Waals surface area contributed by atoms with Crippen molar-refractivity contribution in [3.05, 3.63) is 78.1 Å². The molecule has 26 heavy (non-hydrogen) atoms. The molecular weight excluding hydrogens is 436 g/mol. The van der Waals surface area contributed by atoms with Gasteiger partial charge in [0, 0.05) is 5.97 Å². The molecule has 1 unspecified atom stereocenters. The van der Waals surface area contributed by atoms with Gasteiger partial charge in [0.2, 0.25) is 0 Å². The van der Waals surface area contributed by atoms with Crippen molar-refractivity contribution < 1.29 is 30.3 Å². The summed E-state index contributed by atoms with van der Waals surface area (Å²) in [5.74, 6) is -1.08. The van der Waals surface area contributed by atoms with Crippen LogP contribution < -0.4 is 5.11 Å². The predicted molar refractivity (Wildman–Crippen MR) is 105 cm³/mol. The minimum atomic E-state index is -1.08. The van der Waals surface area contributed by atoms with Crippen LogP contribution in [-0.4, -0.2) is 11.0 Å². The van der Waals surface area contributed by atoms with Crippen LogP contribution >= 0.6 is 9.90 Å². The number of carbonyl (C=O) groups excluding carboxylic acids is 1. The molecule has 3 nitrogen and oxygen atoms in total. The molecule has 1 aromatic heterocycles. The fraction of sp³-hybridized carbons (Fsp3) is 0.143. The zero-order valence-electron chi connectivity index (χ0n) is 15.1. The van der Waals surface area contributed by atoms with Crippen molar-refractivity contribution in [2.45, 2.75) is 20.8 Å². The van der Waals surface area contributed by atoms with Crippen molar-refractivity contribution in [3.63, 3.8) is 0 Å². The van der Waals surface area contributed by atoms with Gasteiger partial charge in [-0.05, 0) is 27.0 Å². The van der Waals surface area contributed by atoms with E-state index in [9.17, 15) is 0 Å². The molecule has 3 aromatic rings. The van der Waals surface area contributed by atoms with Crippen LogP contribution in [0.3, 0.4) is 0 Å². The number of carbonyl (C=O) groups is 1. The number of pyridine rings is 1. The van der Waals surface area contributed by atoms with Crippen molar-refractivity contribution in [3.8, 4) is 22.3 Å². The number of benzene rings is 2. The molecule has 0 aliphatic rings. The second kappa shape index (κ2) is 11.7. The fourth-order valence-electron chi connectivity index (χ4n) is 2.52. The van der Waals surface area contributed by atoms with Gasteiger partial charge >= 0.3 is 20.4 Å². The Hall–Kier alpha value is -1.85. The summed E-state index contributed by atoms with van der Waals surface area (Å²) in [5.41, 5.74) is 7.20. The third-order valence-electron chi connectivity index (χ3n) is 3.61. The van der Waals surface area contributed by atoms with Crippen LogP contribution in [-0.2, 0) is 25.2 Å². The summed E-state index contributed by atoms with van der Waals surface area (Å²) in [4.78, 5) is 13.1. The molecule has 0 radical (unpaired) electrons. The van der Waals surface area contributed by atoms with Crippen molar-refractivity contribution in [2.24, 2.45) is 0 Å². The van der Waals surface area contributed by atoms with Crippen molar-refractivity contribution in [1.29, 1.82) is 0 Å². The molecule has 0 fully saturated rings. The van der Waals surface area contributed by atoms with Crippen molar-refractivity contribution >= 4 is 15.9 Å². The van der Waals surface area contributed by atoms with Gasteiger partial charge in [-0.3, -0.25) is 0 Å². The first-order valence-corrected chi connectivity index (χ1v) is 7.67. The summed E-state index contributed by atoms with van der Waals surface area (Å²) in [7, 11) is 0. The Labute approximate surface area is 172 Å². The topological polar surface area (TPSA) is 53.0 Å². The van der Waals surface area contributed by atoms with Crippen LogP contribution in [0.1, 0.15) is 18.1 Å². The third-order valence-corrected chi connectivity index (χ3v) is 3.61. The van der Waals surface area contributed by atoms with Crippen molar-refractivity contribution in [2.75, 3.05) is 0 Å². The van der Waals surface area contributed by atoms with E-state index in [1.54, 1.807) is 0 Å². The Balaban J connectivity index is 0.000000951. The Morgan fingerprint density at radius 3 is 1.85 bits per heavy atom. The maximum atomic E-state index is 8.89. The third kappa shape index (κ3) is 6.47. The molecule has 0 spiro atoms. The Kier molecular flexibility index (Phi) is 10.9. The molecule has 1 atom stereocenters. The van der Waals surface area contributed by atoms with E-state index in [0.717, 1.165) is 12.5 Å². The van der Waals surface area contributed by atoms with E-state index in [4.69, 9.17) is 9.90 Å².